The van der Waals surface area contributed by atoms with E-state index in [4.69, 9.17) is 21.7 Å². The largest absolute Gasteiger partial charge is 0.497 e. The number of benzene rings is 1. The van der Waals surface area contributed by atoms with Crippen molar-refractivity contribution in [2.75, 3.05) is 14.2 Å². The summed E-state index contributed by atoms with van der Waals surface area (Å²) >= 11 is 6.27. The van der Waals surface area contributed by atoms with Gasteiger partial charge in [-0.25, -0.2) is 4.79 Å². The molecule has 0 radical (unpaired) electrons. The van der Waals surface area contributed by atoms with Crippen molar-refractivity contribution in [3.63, 3.8) is 0 Å². The lowest BCUT2D eigenvalue weighted by Gasteiger charge is -2.21. The van der Waals surface area contributed by atoms with Crippen LogP contribution in [0.5, 0.6) is 11.5 Å². The normalized spacial score (nSPS) is 17.3. The minimum absolute atomic E-state index is 0.238. The van der Waals surface area contributed by atoms with Crippen LogP contribution in [0.4, 0.5) is 0 Å². The minimum atomic E-state index is -1.07. The molecule has 0 spiro atoms. The van der Waals surface area contributed by atoms with E-state index in [2.05, 4.69) is 0 Å². The van der Waals surface area contributed by atoms with Crippen molar-refractivity contribution in [3.8, 4) is 11.5 Å². The van der Waals surface area contributed by atoms with Crippen LogP contribution in [-0.2, 0) is 9.59 Å². The zero-order valence-corrected chi connectivity index (χ0v) is 15.1. The molecule has 1 atom stereocenters. The van der Waals surface area contributed by atoms with Crippen molar-refractivity contribution in [2.24, 2.45) is 0 Å². The Morgan fingerprint density at radius 3 is 2.67 bits per heavy atom. The molecule has 1 fully saturated rings. The van der Waals surface area contributed by atoms with Crippen molar-refractivity contribution in [3.05, 3.63) is 28.7 Å². The summed E-state index contributed by atoms with van der Waals surface area (Å²) in [5.74, 6) is -0.293. The number of aliphatic carboxylic acids is 1. The van der Waals surface area contributed by atoms with E-state index < -0.39 is 17.9 Å². The van der Waals surface area contributed by atoms with Crippen LogP contribution in [0.25, 0.3) is 6.08 Å². The predicted molar refractivity (Wildman–Crippen MR) is 96.3 cm³/mol. The molecule has 24 heavy (non-hydrogen) atoms. The first kappa shape index (κ1) is 18.3. The second kappa shape index (κ2) is 7.67. The monoisotopic (exact) mass is 367 g/mol. The fourth-order valence-electron chi connectivity index (χ4n) is 2.31. The van der Waals surface area contributed by atoms with E-state index in [-0.39, 0.29) is 10.7 Å². The van der Waals surface area contributed by atoms with Crippen molar-refractivity contribution < 1.29 is 24.2 Å². The molecular weight excluding hydrogens is 350 g/mol. The lowest BCUT2D eigenvalue weighted by molar-refractivity contribution is -0.145. The van der Waals surface area contributed by atoms with E-state index in [0.717, 1.165) is 16.7 Å². The Morgan fingerprint density at radius 2 is 2.12 bits per heavy atom. The summed E-state index contributed by atoms with van der Waals surface area (Å²) in [6.07, 6.45) is 1.91. The summed E-state index contributed by atoms with van der Waals surface area (Å²) < 4.78 is 10.7. The number of hydrogen-bond donors (Lipinski definition) is 1. The summed E-state index contributed by atoms with van der Waals surface area (Å²) in [5, 5.41) is 9.28. The molecule has 0 unspecified atom stereocenters. The van der Waals surface area contributed by atoms with E-state index in [1.165, 1.54) is 7.11 Å². The van der Waals surface area contributed by atoms with Gasteiger partial charge in [0.25, 0.3) is 5.91 Å². The van der Waals surface area contributed by atoms with Gasteiger partial charge in [0, 0.05) is 5.56 Å². The zero-order chi connectivity index (χ0) is 17.9. The highest BCUT2D eigenvalue weighted by molar-refractivity contribution is 8.26. The summed E-state index contributed by atoms with van der Waals surface area (Å²) in [5.41, 5.74) is 0.653. The molecule has 1 amide bonds. The summed E-state index contributed by atoms with van der Waals surface area (Å²) in [6.45, 7) is 1.70. The van der Waals surface area contributed by atoms with Crippen LogP contribution in [0.15, 0.2) is 23.1 Å². The summed E-state index contributed by atoms with van der Waals surface area (Å²) in [4.78, 5) is 25.4. The number of nitrogens with zero attached hydrogens (tertiary/aromatic N) is 1. The highest BCUT2D eigenvalue weighted by atomic mass is 32.2. The number of thiocarbonyl (C=S) groups is 1. The van der Waals surface area contributed by atoms with Crippen molar-refractivity contribution >= 4 is 46.3 Å². The Kier molecular flexibility index (Phi) is 5.84. The Bertz CT molecular complexity index is 716. The van der Waals surface area contributed by atoms with Crippen LogP contribution in [0.2, 0.25) is 0 Å². The number of amides is 1. The second-order valence-corrected chi connectivity index (χ2v) is 6.60. The number of carbonyl (C=O) groups is 2. The minimum Gasteiger partial charge on any atom is -0.497 e. The van der Waals surface area contributed by atoms with Crippen LogP contribution in [0.1, 0.15) is 18.9 Å². The topological polar surface area (TPSA) is 76.1 Å². The van der Waals surface area contributed by atoms with Gasteiger partial charge in [0.15, 0.2) is 0 Å². The quantitative estimate of drug-likeness (QED) is 0.612. The van der Waals surface area contributed by atoms with Crippen LogP contribution >= 0.6 is 24.0 Å². The third-order valence-electron chi connectivity index (χ3n) is 3.53. The number of rotatable bonds is 6. The van der Waals surface area contributed by atoms with Crippen LogP contribution < -0.4 is 9.47 Å². The first-order valence-corrected chi connectivity index (χ1v) is 8.37. The van der Waals surface area contributed by atoms with Crippen molar-refractivity contribution in [2.45, 2.75) is 19.4 Å². The number of carboxylic acid groups (broad SMARTS) is 1. The van der Waals surface area contributed by atoms with Crippen LogP contribution in [0, 0.1) is 0 Å². The molecule has 8 heteroatoms. The van der Waals surface area contributed by atoms with Gasteiger partial charge in [-0.1, -0.05) is 30.9 Å². The average Bonchev–Trinajstić information content (AvgIpc) is 2.83. The number of thioether (sulfide) groups is 1. The van der Waals surface area contributed by atoms with Gasteiger partial charge in [-0.3, -0.25) is 9.69 Å². The molecule has 2 rings (SSSR count). The molecule has 1 aliphatic rings. The third-order valence-corrected chi connectivity index (χ3v) is 4.86. The van der Waals surface area contributed by atoms with E-state index >= 15 is 0 Å². The standard InChI is InChI=1S/C16H17NO5S2/c1-4-11(15(19)20)17-14(18)13(24-16(17)23)8-9-7-10(21-2)5-6-12(9)22-3/h5-8,11H,4H2,1-3H3,(H,19,20)/b13-8-/t11-/m0/s1. The third kappa shape index (κ3) is 3.54. The lowest BCUT2D eigenvalue weighted by Crippen LogP contribution is -2.43. The van der Waals surface area contributed by atoms with Gasteiger partial charge in [-0.05, 0) is 30.7 Å². The molecule has 0 aromatic heterocycles. The van der Waals surface area contributed by atoms with Gasteiger partial charge in [0.05, 0.1) is 19.1 Å². The van der Waals surface area contributed by atoms with Gasteiger partial charge in [0.1, 0.15) is 21.9 Å². The smallest absolute Gasteiger partial charge is 0.326 e. The molecule has 1 aromatic rings. The SMILES string of the molecule is CC[C@@H](C(=O)O)N1C(=O)/C(=C/c2cc(OC)ccc2OC)SC1=S. The molecule has 0 saturated carbocycles. The van der Waals surface area contributed by atoms with Crippen molar-refractivity contribution in [1.82, 2.24) is 4.90 Å². The van der Waals surface area contributed by atoms with E-state index in [1.807, 2.05) is 0 Å². The highest BCUT2D eigenvalue weighted by Crippen LogP contribution is 2.36. The molecule has 1 heterocycles. The van der Waals surface area contributed by atoms with Gasteiger partial charge in [0.2, 0.25) is 0 Å². The predicted octanol–water partition coefficient (Wildman–Crippen LogP) is 2.77. The maximum absolute atomic E-state index is 12.6. The summed E-state index contributed by atoms with van der Waals surface area (Å²) in [6, 6.07) is 4.26. The maximum Gasteiger partial charge on any atom is 0.326 e. The van der Waals surface area contributed by atoms with Gasteiger partial charge < -0.3 is 14.6 Å². The summed E-state index contributed by atoms with van der Waals surface area (Å²) in [7, 11) is 3.08. The van der Waals surface area contributed by atoms with E-state index in [1.54, 1.807) is 38.3 Å². The molecule has 1 N–H and O–H groups in total. The van der Waals surface area contributed by atoms with Gasteiger partial charge in [-0.2, -0.15) is 0 Å². The fraction of sp³-hybridized carbons (Fsp3) is 0.312. The zero-order valence-electron chi connectivity index (χ0n) is 13.4. The molecule has 1 aliphatic heterocycles. The molecule has 1 saturated heterocycles. The molecular formula is C16H17NO5S2. The number of carbonyl (C=O) groups excluding carboxylic acids is 1. The first-order valence-electron chi connectivity index (χ1n) is 7.14. The number of methoxy groups -OCH3 is 2. The molecule has 0 aliphatic carbocycles. The van der Waals surface area contributed by atoms with Crippen LogP contribution in [0.3, 0.4) is 0 Å². The molecule has 6 nitrogen and oxygen atoms in total. The lowest BCUT2D eigenvalue weighted by atomic mass is 10.1. The van der Waals surface area contributed by atoms with Gasteiger partial charge >= 0.3 is 5.97 Å². The van der Waals surface area contributed by atoms with Gasteiger partial charge in [-0.15, -0.1) is 0 Å². The van der Waals surface area contributed by atoms with E-state index in [9.17, 15) is 14.7 Å². The Labute approximate surface area is 149 Å². The van der Waals surface area contributed by atoms with Crippen LogP contribution in [-0.4, -0.2) is 46.5 Å². The van der Waals surface area contributed by atoms with E-state index in [0.29, 0.717) is 22.0 Å². The van der Waals surface area contributed by atoms with Crippen molar-refractivity contribution in [1.29, 1.82) is 0 Å². The Hall–Kier alpha value is -2.06. The maximum atomic E-state index is 12.6. The fourth-order valence-corrected chi connectivity index (χ4v) is 3.66. The molecule has 0 bridgehead atoms. The Balaban J connectivity index is 2.40. The number of hydrogen-bond acceptors (Lipinski definition) is 6. The number of ether oxygens (including phenoxy) is 2. The number of carboxylic acids is 1. The Morgan fingerprint density at radius 1 is 1.42 bits per heavy atom. The second-order valence-electron chi connectivity index (χ2n) is 4.92. The average molecular weight is 367 g/mol. The first-order chi connectivity index (χ1) is 11.4. The molecule has 1 aromatic carbocycles. The highest BCUT2D eigenvalue weighted by Gasteiger charge is 2.39. The molecule has 128 valence electrons.